The molecule has 7 N–H and O–H groups in total. The summed E-state index contributed by atoms with van der Waals surface area (Å²) in [5.74, 6) is 0.788. The lowest BCUT2D eigenvalue weighted by Gasteiger charge is -2.27. The molecule has 0 spiro atoms. The predicted molar refractivity (Wildman–Crippen MR) is 408 cm³/mol. The van der Waals surface area contributed by atoms with Crippen LogP contribution < -0.4 is 51.0 Å². The van der Waals surface area contributed by atoms with Gasteiger partial charge in [-0.05, 0) is 134 Å². The molecule has 26 nitrogen and oxygen atoms in total. The molecule has 12 heterocycles. The third-order valence-corrected chi connectivity index (χ3v) is 18.4. The fourth-order valence-electron chi connectivity index (χ4n) is 13.5. The number of pyridine rings is 3. The average molecular weight is 1680 g/mol. The molecule has 0 bridgehead atoms. The summed E-state index contributed by atoms with van der Waals surface area (Å²) in [6.45, 7) is 22.6. The number of oxime groups is 1. The number of nitriles is 2. The number of aromatic nitrogens is 15. The quantitative estimate of drug-likeness (QED) is 0.00811. The van der Waals surface area contributed by atoms with E-state index in [1.807, 2.05) is 106 Å². The number of nitrogens with two attached hydrogens (primary N) is 1. The summed E-state index contributed by atoms with van der Waals surface area (Å²) in [6.07, 6.45) is 5.45. The fraction of sp³-hybridized carbons (Fsp3) is 0.329. The third-order valence-electron chi connectivity index (χ3n) is 18.1. The van der Waals surface area contributed by atoms with E-state index in [1.54, 1.807) is 30.3 Å². The van der Waals surface area contributed by atoms with Crippen LogP contribution in [0.25, 0.3) is 66.9 Å². The Bertz CT molecular complexity index is 5500. The van der Waals surface area contributed by atoms with Gasteiger partial charge in [0, 0.05) is 110 Å². The molecule has 0 aliphatic carbocycles. The molecule has 0 fully saturated rings. The zero-order valence-corrected chi connectivity index (χ0v) is 64.6. The van der Waals surface area contributed by atoms with Crippen LogP contribution in [0.4, 0.5) is 61.6 Å². The van der Waals surface area contributed by atoms with Gasteiger partial charge in [0.05, 0.1) is 65.7 Å². The van der Waals surface area contributed by atoms with E-state index in [9.17, 15) is 26.3 Å². The lowest BCUT2D eigenvalue weighted by atomic mass is 10.1. The number of hydrogen-bond acceptors (Lipinski definition) is 22. The van der Waals surface area contributed by atoms with Crippen molar-refractivity contribution in [2.75, 3.05) is 54.0 Å². The normalized spacial score (nSPS) is 13.3. The molecule has 0 radical (unpaired) electrons. The Balaban J connectivity index is 0.000000170. The molecule has 3 aliphatic rings. The summed E-state index contributed by atoms with van der Waals surface area (Å²) in [5.41, 5.74) is 15.2. The van der Waals surface area contributed by atoms with Gasteiger partial charge in [0.15, 0.2) is 40.7 Å². The number of imidazole rings is 3. The maximum atomic E-state index is 14.9. The lowest BCUT2D eigenvalue weighted by molar-refractivity contribution is -0.0000284. The SMILES string of the molecule is C.Cc1nc2c(F)cc(-c3nc(Nc4ccc5c(n4)CCN(CC#N)C5)ncc3F)cc2n1C(C)C.Cc1nc2c(F)cc(-c3nc(Nc4ccc5c(n4)CCN(CC(N)=NO)C5)ncc3F)cc2n1C(C)C.Cc1nc2c(F)cc(-c3nc(Nc4ccc5c(n4)CCNC5)ncc3F)cc2n1C(C)C.N#CCBr.[I-]. The first-order valence-corrected chi connectivity index (χ1v) is 35.8. The Morgan fingerprint density at radius 3 is 1.24 bits per heavy atom. The van der Waals surface area contributed by atoms with Gasteiger partial charge in [-0.2, -0.15) is 10.5 Å². The van der Waals surface area contributed by atoms with Crippen LogP contribution in [0.2, 0.25) is 0 Å². The van der Waals surface area contributed by atoms with Crippen molar-refractivity contribution in [1.82, 2.24) is 88.6 Å². The van der Waals surface area contributed by atoms with E-state index in [2.05, 4.69) is 118 Å². The van der Waals surface area contributed by atoms with Gasteiger partial charge in [0.2, 0.25) is 17.8 Å². The van der Waals surface area contributed by atoms with Gasteiger partial charge >= 0.3 is 0 Å². The molecule has 15 rings (SSSR count). The van der Waals surface area contributed by atoms with Gasteiger partial charge in [-0.1, -0.05) is 46.7 Å². The van der Waals surface area contributed by atoms with E-state index in [1.165, 1.54) is 18.2 Å². The second kappa shape index (κ2) is 35.6. The zero-order chi connectivity index (χ0) is 76.8. The number of nitrogens with one attached hydrogen (secondary N) is 4. The molecule has 110 heavy (non-hydrogen) atoms. The Morgan fingerprint density at radius 1 is 0.527 bits per heavy atom. The Morgan fingerprint density at radius 2 is 0.882 bits per heavy atom. The van der Waals surface area contributed by atoms with Gasteiger partial charge in [-0.15, -0.1) is 0 Å². The van der Waals surface area contributed by atoms with E-state index in [-0.39, 0.29) is 107 Å². The molecule has 0 atom stereocenters. The van der Waals surface area contributed by atoms with Crippen LogP contribution in [-0.4, -0.2) is 132 Å². The van der Waals surface area contributed by atoms with Crippen LogP contribution in [-0.2, 0) is 38.9 Å². The lowest BCUT2D eigenvalue weighted by Crippen LogP contribution is -3.00. The van der Waals surface area contributed by atoms with Crippen LogP contribution in [0, 0.1) is 78.3 Å². The fourth-order valence-corrected chi connectivity index (χ4v) is 13.5. The summed E-state index contributed by atoms with van der Waals surface area (Å²) in [6, 6.07) is 24.4. The Hall–Kier alpha value is -10.9. The highest BCUT2D eigenvalue weighted by Crippen LogP contribution is 2.35. The second-order valence-corrected chi connectivity index (χ2v) is 27.2. The predicted octanol–water partition coefficient (Wildman–Crippen LogP) is 11.6. The maximum absolute atomic E-state index is 14.9. The number of nitrogens with zero attached hydrogens (tertiary/aromatic N) is 20. The minimum Gasteiger partial charge on any atom is -1.00 e. The van der Waals surface area contributed by atoms with Crippen LogP contribution in [0.15, 0.2) is 96.5 Å². The summed E-state index contributed by atoms with van der Waals surface area (Å²) in [7, 11) is 0. The first-order chi connectivity index (χ1) is 51.9. The van der Waals surface area contributed by atoms with E-state index in [0.717, 1.165) is 84.8 Å². The van der Waals surface area contributed by atoms with E-state index >= 15 is 0 Å². The first-order valence-electron chi connectivity index (χ1n) is 34.7. The van der Waals surface area contributed by atoms with E-state index < -0.39 is 34.9 Å². The van der Waals surface area contributed by atoms with Crippen molar-refractivity contribution in [2.24, 2.45) is 10.9 Å². The second-order valence-electron chi connectivity index (χ2n) is 26.7. The molecular weight excluding hydrogens is 1600 g/mol. The number of aryl methyl sites for hydroxylation is 3. The minimum absolute atomic E-state index is 0. The van der Waals surface area contributed by atoms with Crippen LogP contribution in [0.5, 0.6) is 0 Å². The molecule has 0 unspecified atom stereocenters. The monoisotopic (exact) mass is 1680 g/mol. The van der Waals surface area contributed by atoms with Crippen molar-refractivity contribution in [3.8, 4) is 45.9 Å². The average Bonchev–Trinajstić information content (AvgIpc) is 1.60. The summed E-state index contributed by atoms with van der Waals surface area (Å²) < 4.78 is 94.7. The number of alkyl halides is 1. The molecule has 9 aromatic heterocycles. The molecule has 0 saturated heterocycles. The molecule has 0 amide bonds. The van der Waals surface area contributed by atoms with Gasteiger partial charge in [-0.25, -0.2) is 86.2 Å². The molecule has 12 aromatic rings. The van der Waals surface area contributed by atoms with Crippen LogP contribution in [0.1, 0.15) is 118 Å². The molecule has 3 aliphatic heterocycles. The van der Waals surface area contributed by atoms with E-state index in [4.69, 9.17) is 21.5 Å². The standard InChI is InChI=1S/C25H27F2N9O.C25H24F2N8.C23H23F2N7.C2H2BrN.CH4.HI/c1-13(2)36-14(3)30-24-17(26)8-16(9-20(24)36)23-18(27)10-29-25(33-23)32-22-5-4-15-11-35(12-21(28)34-37)7-6-19(15)31-22;1-14(2)35-15(3)30-24-18(26)10-17(11-21(24)35)23-19(27)12-29-25(33-23)32-22-5-4-16-13-34(9-7-28)8-6-20(16)31-22;1-12(2)32-13(3)28-22-16(24)8-15(9-19(22)32)21-17(25)11-27-23(31-21)30-20-5-4-14-10-26-7-6-18(14)29-20;3-1-2-4;;/h4-5,8-10,13,37H,6-7,11-12H2,1-3H3,(H2,28,34)(H,29,31,32,33);4-5,10-12,14H,6,8-9,13H2,1-3H3,(H,29,31,32,33);4-5,8-9,11-12,26H,6-7,10H2,1-3H3,(H,27,29,30,31);1H2;1H4;1H/p-1. The van der Waals surface area contributed by atoms with Crippen molar-refractivity contribution < 1.29 is 55.5 Å². The van der Waals surface area contributed by atoms with Crippen molar-refractivity contribution in [1.29, 1.82) is 10.5 Å². The van der Waals surface area contributed by atoms with Crippen molar-refractivity contribution >= 4 is 90.2 Å². The zero-order valence-electron chi connectivity index (χ0n) is 60.9. The number of hydrogen-bond donors (Lipinski definition) is 6. The highest BCUT2D eigenvalue weighted by Gasteiger charge is 2.26. The Labute approximate surface area is 656 Å². The summed E-state index contributed by atoms with van der Waals surface area (Å²) >= 11 is 2.89. The number of halogens is 8. The molecule has 34 heteroatoms. The van der Waals surface area contributed by atoms with E-state index in [0.29, 0.717) is 113 Å². The topological polar surface area (TPSA) is 330 Å². The van der Waals surface area contributed by atoms with Crippen molar-refractivity contribution in [3.63, 3.8) is 0 Å². The highest BCUT2D eigenvalue weighted by atomic mass is 127. The van der Waals surface area contributed by atoms with Crippen LogP contribution in [0.3, 0.4) is 0 Å². The number of benzene rings is 3. The molecular formula is C76H80BrF6IN25O-. The molecule has 0 saturated carbocycles. The molecule has 572 valence electrons. The summed E-state index contributed by atoms with van der Waals surface area (Å²) in [5, 5.41) is 41.2. The number of anilines is 6. The first kappa shape index (κ1) is 81.6. The number of amidine groups is 1. The third kappa shape index (κ3) is 18.2. The van der Waals surface area contributed by atoms with Gasteiger partial charge in [0.1, 0.15) is 68.6 Å². The summed E-state index contributed by atoms with van der Waals surface area (Å²) in [4.78, 5) is 56.2. The Kier molecular flexibility index (Phi) is 26.4. The van der Waals surface area contributed by atoms with Gasteiger partial charge < -0.3 is 69.9 Å². The van der Waals surface area contributed by atoms with Gasteiger partial charge in [0.25, 0.3) is 0 Å². The van der Waals surface area contributed by atoms with Gasteiger partial charge in [-0.3, -0.25) is 9.80 Å². The molecule has 3 aromatic carbocycles. The number of rotatable bonds is 15. The highest BCUT2D eigenvalue weighted by molar-refractivity contribution is 9.09. The minimum atomic E-state index is -0.666. The van der Waals surface area contributed by atoms with Crippen molar-refractivity contribution in [3.05, 3.63) is 178 Å². The largest absolute Gasteiger partial charge is 1.00 e. The maximum Gasteiger partial charge on any atom is 0.229 e. The number of fused-ring (bicyclic) bond motifs is 6. The van der Waals surface area contributed by atoms with Crippen molar-refractivity contribution in [2.45, 2.75) is 127 Å². The smallest absolute Gasteiger partial charge is 0.229 e. The van der Waals surface area contributed by atoms with Crippen LogP contribution >= 0.6 is 15.9 Å².